The van der Waals surface area contributed by atoms with E-state index in [0.717, 1.165) is 0 Å². The van der Waals surface area contributed by atoms with Crippen molar-refractivity contribution in [1.82, 2.24) is 4.57 Å². The number of nitrogens with two attached hydrogens (primary N) is 1. The van der Waals surface area contributed by atoms with Crippen LogP contribution in [0.1, 0.15) is 0 Å². The maximum absolute atomic E-state index is 12.8. The van der Waals surface area contributed by atoms with Crippen LogP contribution >= 0.6 is 23.2 Å². The van der Waals surface area contributed by atoms with Gasteiger partial charge in [0.1, 0.15) is 6.54 Å². The van der Waals surface area contributed by atoms with Crippen LogP contribution in [0.15, 0.2) is 65.5 Å². The second-order valence-corrected chi connectivity index (χ2v) is 7.17. The van der Waals surface area contributed by atoms with Gasteiger partial charge in [-0.25, -0.2) is 0 Å². The maximum Gasteiger partial charge on any atom is 0.244 e. The molecule has 4 aromatic rings. The standard InChI is InChI=1S/C21H15Cl2N3O2/c22-15-9-12(10-16(23)20(15)24)25-19(27)11-26-17-7-3-1-5-13(17)21(28)14-6-2-4-8-18(14)26/h1-10H,11,24H2,(H,25,27). The first kappa shape index (κ1) is 18.3. The number of nitrogens with zero attached hydrogens (tertiary/aromatic N) is 1. The van der Waals surface area contributed by atoms with Crippen LogP contribution in [0.25, 0.3) is 21.8 Å². The van der Waals surface area contributed by atoms with Crippen molar-refractivity contribution in [2.45, 2.75) is 6.54 Å². The zero-order valence-corrected chi connectivity index (χ0v) is 16.1. The molecule has 0 unspecified atom stereocenters. The Labute approximate surface area is 170 Å². The van der Waals surface area contributed by atoms with Gasteiger partial charge < -0.3 is 15.6 Å². The highest BCUT2D eigenvalue weighted by atomic mass is 35.5. The Bertz CT molecular complexity index is 1220. The van der Waals surface area contributed by atoms with Gasteiger partial charge in [-0.15, -0.1) is 0 Å². The number of halogens is 2. The van der Waals surface area contributed by atoms with Gasteiger partial charge in [0.2, 0.25) is 5.91 Å². The minimum Gasteiger partial charge on any atom is -0.396 e. The molecule has 7 heteroatoms. The van der Waals surface area contributed by atoms with Crippen molar-refractivity contribution < 1.29 is 4.79 Å². The van der Waals surface area contributed by atoms with E-state index in [2.05, 4.69) is 5.32 Å². The van der Waals surface area contributed by atoms with Crippen molar-refractivity contribution in [2.24, 2.45) is 0 Å². The first-order valence-corrected chi connectivity index (χ1v) is 9.26. The fraction of sp³-hybridized carbons (Fsp3) is 0.0476. The van der Waals surface area contributed by atoms with E-state index in [1.807, 2.05) is 28.8 Å². The molecule has 5 nitrogen and oxygen atoms in total. The fourth-order valence-corrected chi connectivity index (χ4v) is 3.73. The third-order valence-electron chi connectivity index (χ3n) is 4.54. The first-order valence-electron chi connectivity index (χ1n) is 8.50. The quantitative estimate of drug-likeness (QED) is 0.379. The van der Waals surface area contributed by atoms with E-state index in [9.17, 15) is 9.59 Å². The minimum atomic E-state index is -0.282. The number of carbonyl (C=O) groups is 1. The molecule has 0 saturated heterocycles. The topological polar surface area (TPSA) is 77.1 Å². The summed E-state index contributed by atoms with van der Waals surface area (Å²) in [6.07, 6.45) is 0. The summed E-state index contributed by atoms with van der Waals surface area (Å²) in [6.45, 7) is 0.0148. The van der Waals surface area contributed by atoms with Gasteiger partial charge in [0.15, 0.2) is 5.43 Å². The molecule has 0 spiro atoms. The number of carbonyl (C=O) groups excluding carboxylic acids is 1. The molecule has 4 rings (SSSR count). The van der Waals surface area contributed by atoms with Gasteiger partial charge in [0.05, 0.1) is 26.8 Å². The molecule has 140 valence electrons. The van der Waals surface area contributed by atoms with Crippen molar-refractivity contribution in [2.75, 3.05) is 11.1 Å². The molecule has 0 radical (unpaired) electrons. The summed E-state index contributed by atoms with van der Waals surface area (Å²) in [4.78, 5) is 25.5. The summed E-state index contributed by atoms with van der Waals surface area (Å²) in [5.41, 5.74) is 7.77. The summed E-state index contributed by atoms with van der Waals surface area (Å²) in [5.74, 6) is -0.282. The molecule has 0 aliphatic carbocycles. The molecule has 1 heterocycles. The molecule has 0 aliphatic heterocycles. The lowest BCUT2D eigenvalue weighted by molar-refractivity contribution is -0.116. The second kappa shape index (κ2) is 7.19. The van der Waals surface area contributed by atoms with Gasteiger partial charge in [-0.1, -0.05) is 47.5 Å². The Hall–Kier alpha value is -3.02. The van der Waals surface area contributed by atoms with E-state index in [1.165, 1.54) is 0 Å². The highest BCUT2D eigenvalue weighted by Gasteiger charge is 2.14. The van der Waals surface area contributed by atoms with Gasteiger partial charge in [-0.2, -0.15) is 0 Å². The minimum absolute atomic E-state index is 0.0148. The van der Waals surface area contributed by atoms with Gasteiger partial charge in [-0.3, -0.25) is 9.59 Å². The normalized spacial score (nSPS) is 11.1. The zero-order chi connectivity index (χ0) is 19.8. The molecule has 0 bridgehead atoms. The SMILES string of the molecule is Nc1c(Cl)cc(NC(=O)Cn2c3ccccc3c(=O)c3ccccc32)cc1Cl. The smallest absolute Gasteiger partial charge is 0.244 e. The van der Waals surface area contributed by atoms with E-state index in [0.29, 0.717) is 27.5 Å². The number of fused-ring (bicyclic) bond motifs is 2. The van der Waals surface area contributed by atoms with Crippen LogP contribution in [-0.2, 0) is 11.3 Å². The summed E-state index contributed by atoms with van der Waals surface area (Å²) in [7, 11) is 0. The molecule has 0 saturated carbocycles. The summed E-state index contributed by atoms with van der Waals surface area (Å²) >= 11 is 12.1. The Kier molecular flexibility index (Phi) is 4.71. The van der Waals surface area contributed by atoms with E-state index in [-0.39, 0.29) is 33.6 Å². The molecule has 3 aromatic carbocycles. The van der Waals surface area contributed by atoms with Crippen molar-refractivity contribution >= 4 is 62.3 Å². The number of hydrogen-bond donors (Lipinski definition) is 2. The Morgan fingerprint density at radius 2 is 1.43 bits per heavy atom. The molecule has 3 N–H and O–H groups in total. The molecule has 28 heavy (non-hydrogen) atoms. The number of amides is 1. The Morgan fingerprint density at radius 1 is 0.929 bits per heavy atom. The van der Waals surface area contributed by atoms with E-state index < -0.39 is 0 Å². The van der Waals surface area contributed by atoms with Crippen molar-refractivity contribution in [3.8, 4) is 0 Å². The van der Waals surface area contributed by atoms with E-state index >= 15 is 0 Å². The molecular weight excluding hydrogens is 397 g/mol. The predicted octanol–water partition coefficient (Wildman–Crippen LogP) is 4.68. The molecule has 1 amide bonds. The van der Waals surface area contributed by atoms with Crippen molar-refractivity contribution in [3.05, 3.63) is 80.9 Å². The van der Waals surface area contributed by atoms with E-state index in [1.54, 1.807) is 36.4 Å². The maximum atomic E-state index is 12.8. The number of anilines is 2. The number of aromatic nitrogens is 1. The van der Waals surface area contributed by atoms with Crippen LogP contribution in [-0.4, -0.2) is 10.5 Å². The highest BCUT2D eigenvalue weighted by molar-refractivity contribution is 6.39. The first-order chi connectivity index (χ1) is 13.5. The predicted molar refractivity (Wildman–Crippen MR) is 115 cm³/mol. The number of rotatable bonds is 3. The number of pyridine rings is 1. The Balaban J connectivity index is 1.78. The van der Waals surface area contributed by atoms with Crippen LogP contribution in [0.3, 0.4) is 0 Å². The van der Waals surface area contributed by atoms with Crippen LogP contribution < -0.4 is 16.5 Å². The number of para-hydroxylation sites is 2. The van der Waals surface area contributed by atoms with Crippen LogP contribution in [0.4, 0.5) is 11.4 Å². The monoisotopic (exact) mass is 411 g/mol. The average molecular weight is 412 g/mol. The van der Waals surface area contributed by atoms with Crippen molar-refractivity contribution in [3.63, 3.8) is 0 Å². The second-order valence-electron chi connectivity index (χ2n) is 6.35. The molecule has 0 aliphatic rings. The lowest BCUT2D eigenvalue weighted by atomic mass is 10.1. The third-order valence-corrected chi connectivity index (χ3v) is 5.17. The summed E-state index contributed by atoms with van der Waals surface area (Å²) < 4.78 is 1.82. The molecule has 0 fully saturated rings. The largest absolute Gasteiger partial charge is 0.396 e. The van der Waals surface area contributed by atoms with Crippen LogP contribution in [0.5, 0.6) is 0 Å². The fourth-order valence-electron chi connectivity index (χ4n) is 3.25. The number of nitrogen functional groups attached to an aromatic ring is 1. The van der Waals surface area contributed by atoms with Crippen LogP contribution in [0, 0.1) is 0 Å². The molecule has 1 aromatic heterocycles. The summed E-state index contributed by atoms with van der Waals surface area (Å²) in [5, 5.41) is 4.44. The number of hydrogen-bond acceptors (Lipinski definition) is 3. The lowest BCUT2D eigenvalue weighted by Gasteiger charge is -2.15. The van der Waals surface area contributed by atoms with Gasteiger partial charge in [0, 0.05) is 16.5 Å². The third kappa shape index (κ3) is 3.19. The summed E-state index contributed by atoms with van der Waals surface area (Å²) in [6, 6.07) is 17.6. The number of nitrogens with one attached hydrogen (secondary N) is 1. The molecular formula is C21H15Cl2N3O2. The van der Waals surface area contributed by atoms with E-state index in [4.69, 9.17) is 28.9 Å². The lowest BCUT2D eigenvalue weighted by Crippen LogP contribution is -2.21. The van der Waals surface area contributed by atoms with Gasteiger partial charge >= 0.3 is 0 Å². The molecule has 0 atom stereocenters. The highest BCUT2D eigenvalue weighted by Crippen LogP contribution is 2.31. The van der Waals surface area contributed by atoms with Crippen molar-refractivity contribution in [1.29, 1.82) is 0 Å². The Morgan fingerprint density at radius 3 is 1.96 bits per heavy atom. The average Bonchev–Trinajstić information content (AvgIpc) is 2.69. The van der Waals surface area contributed by atoms with Gasteiger partial charge in [-0.05, 0) is 36.4 Å². The number of benzene rings is 3. The van der Waals surface area contributed by atoms with Gasteiger partial charge in [0.25, 0.3) is 0 Å². The van der Waals surface area contributed by atoms with Crippen LogP contribution in [0.2, 0.25) is 10.0 Å². The zero-order valence-electron chi connectivity index (χ0n) is 14.6.